The van der Waals surface area contributed by atoms with E-state index in [9.17, 15) is 13.2 Å². The van der Waals surface area contributed by atoms with Crippen molar-refractivity contribution in [1.82, 2.24) is 0 Å². The van der Waals surface area contributed by atoms with Crippen molar-refractivity contribution < 1.29 is 13.2 Å². The van der Waals surface area contributed by atoms with Crippen LogP contribution in [0.25, 0.3) is 0 Å². The van der Waals surface area contributed by atoms with Crippen molar-refractivity contribution in [3.8, 4) is 0 Å². The standard InChI is InChI=1S/C4H2Cl2F3I/c5-2(6)1-3(7,8)4(2,9)10/h1H2/t4-/m1/s1. The molecule has 0 spiro atoms. The van der Waals surface area contributed by atoms with Crippen molar-refractivity contribution in [2.45, 2.75) is 20.4 Å². The number of hydrogen-bond donors (Lipinski definition) is 0. The van der Waals surface area contributed by atoms with Crippen molar-refractivity contribution in [3.05, 3.63) is 0 Å². The smallest absolute Gasteiger partial charge is 0.222 e. The summed E-state index contributed by atoms with van der Waals surface area (Å²) in [5, 5.41) is 0. The fraction of sp³-hybridized carbons (Fsp3) is 1.00. The second kappa shape index (κ2) is 2.07. The Kier molecular flexibility index (Phi) is 1.90. The van der Waals surface area contributed by atoms with Gasteiger partial charge in [0.25, 0.3) is 9.60 Å². The summed E-state index contributed by atoms with van der Waals surface area (Å²) in [7, 11) is 0. The van der Waals surface area contributed by atoms with Gasteiger partial charge in [0, 0.05) is 0 Å². The quantitative estimate of drug-likeness (QED) is 0.476. The Morgan fingerprint density at radius 1 is 1.20 bits per heavy atom. The summed E-state index contributed by atoms with van der Waals surface area (Å²) in [6, 6.07) is 0. The van der Waals surface area contributed by atoms with E-state index in [1.165, 1.54) is 0 Å². The number of halogens is 6. The van der Waals surface area contributed by atoms with Crippen LogP contribution in [-0.2, 0) is 0 Å². The predicted molar refractivity (Wildman–Crippen MR) is 41.9 cm³/mol. The molecule has 1 aliphatic rings. The van der Waals surface area contributed by atoms with E-state index < -0.39 is 20.4 Å². The maximum absolute atomic E-state index is 12.7. The normalized spacial score (nSPS) is 42.6. The molecule has 0 radical (unpaired) electrons. The summed E-state index contributed by atoms with van der Waals surface area (Å²) in [5.41, 5.74) is 0. The Labute approximate surface area is 79.2 Å². The van der Waals surface area contributed by atoms with Gasteiger partial charge in [-0.05, 0) is 22.6 Å². The third-order valence-corrected chi connectivity index (χ3v) is 4.50. The van der Waals surface area contributed by atoms with E-state index in [2.05, 4.69) is 0 Å². The van der Waals surface area contributed by atoms with Crippen molar-refractivity contribution >= 4 is 45.8 Å². The van der Waals surface area contributed by atoms with Crippen molar-refractivity contribution in [3.63, 3.8) is 0 Å². The number of rotatable bonds is 0. The van der Waals surface area contributed by atoms with Gasteiger partial charge in [0.15, 0.2) is 4.33 Å². The van der Waals surface area contributed by atoms with E-state index in [1.807, 2.05) is 0 Å². The van der Waals surface area contributed by atoms with Gasteiger partial charge in [-0.25, -0.2) is 13.2 Å². The zero-order chi connectivity index (χ0) is 8.21. The van der Waals surface area contributed by atoms with Gasteiger partial charge in [0.2, 0.25) is 0 Å². The number of hydrogen-bond acceptors (Lipinski definition) is 0. The lowest BCUT2D eigenvalue weighted by molar-refractivity contribution is -0.158. The highest BCUT2D eigenvalue weighted by atomic mass is 127. The van der Waals surface area contributed by atoms with Gasteiger partial charge in [-0.3, -0.25) is 0 Å². The first-order valence-electron chi connectivity index (χ1n) is 2.34. The van der Waals surface area contributed by atoms with E-state index in [0.717, 1.165) is 22.6 Å². The van der Waals surface area contributed by atoms with Gasteiger partial charge in [-0.2, -0.15) is 0 Å². The molecule has 0 heterocycles. The van der Waals surface area contributed by atoms with Gasteiger partial charge in [0.1, 0.15) is 0 Å². The van der Waals surface area contributed by atoms with Gasteiger partial charge in [-0.1, -0.05) is 23.2 Å². The Hall–Kier alpha value is 1.10. The SMILES string of the molecule is FC1(F)CC(Cl)(Cl)[C@@]1(F)I. The summed E-state index contributed by atoms with van der Waals surface area (Å²) < 4.78 is 32.5. The summed E-state index contributed by atoms with van der Waals surface area (Å²) in [4.78, 5) is 0. The minimum Gasteiger partial charge on any atom is -0.222 e. The topological polar surface area (TPSA) is 0 Å². The van der Waals surface area contributed by atoms with Gasteiger partial charge in [0.05, 0.1) is 6.42 Å². The molecule has 0 aliphatic heterocycles. The van der Waals surface area contributed by atoms with Crippen LogP contribution in [0, 0.1) is 0 Å². The largest absolute Gasteiger partial charge is 0.296 e. The highest BCUT2D eigenvalue weighted by Crippen LogP contribution is 2.65. The molecule has 0 aromatic carbocycles. The van der Waals surface area contributed by atoms with Crippen LogP contribution in [0.2, 0.25) is 0 Å². The average molecular weight is 305 g/mol. The van der Waals surface area contributed by atoms with Crippen molar-refractivity contribution in [2.75, 3.05) is 0 Å². The minimum absolute atomic E-state index is 0.817. The Balaban J connectivity index is 2.85. The maximum atomic E-state index is 12.7. The van der Waals surface area contributed by atoms with Gasteiger partial charge >= 0.3 is 0 Å². The lowest BCUT2D eigenvalue weighted by Crippen LogP contribution is -2.64. The van der Waals surface area contributed by atoms with Crippen molar-refractivity contribution in [1.29, 1.82) is 0 Å². The third-order valence-electron chi connectivity index (χ3n) is 1.36. The van der Waals surface area contributed by atoms with E-state index in [4.69, 9.17) is 23.2 Å². The molecule has 0 nitrogen and oxygen atoms in total. The molecule has 0 bridgehead atoms. The Morgan fingerprint density at radius 2 is 1.60 bits per heavy atom. The minimum atomic E-state index is -3.39. The molecule has 1 rings (SSSR count). The lowest BCUT2D eigenvalue weighted by atomic mass is 9.91. The highest BCUT2D eigenvalue weighted by Gasteiger charge is 2.77. The molecule has 0 N–H and O–H groups in total. The van der Waals surface area contributed by atoms with E-state index in [-0.39, 0.29) is 0 Å². The second-order valence-corrected chi connectivity index (χ2v) is 5.13. The van der Waals surface area contributed by atoms with Crippen LogP contribution in [0.15, 0.2) is 0 Å². The molecular weight excluding hydrogens is 303 g/mol. The third kappa shape index (κ3) is 0.948. The Morgan fingerprint density at radius 3 is 1.60 bits per heavy atom. The Bertz CT molecular complexity index is 152. The molecule has 1 fully saturated rings. The average Bonchev–Trinajstić information content (AvgIpc) is 1.61. The fourth-order valence-electron chi connectivity index (χ4n) is 0.662. The van der Waals surface area contributed by atoms with Crippen LogP contribution in [0.1, 0.15) is 6.42 Å². The van der Waals surface area contributed by atoms with E-state index >= 15 is 0 Å². The molecule has 0 amide bonds. The first-order valence-corrected chi connectivity index (χ1v) is 4.18. The van der Waals surface area contributed by atoms with Gasteiger partial charge < -0.3 is 0 Å². The van der Waals surface area contributed by atoms with E-state index in [1.54, 1.807) is 0 Å². The number of alkyl halides is 6. The summed E-state index contributed by atoms with van der Waals surface area (Å²) in [6.07, 6.45) is -0.817. The first kappa shape index (κ1) is 9.19. The molecule has 0 aromatic heterocycles. The monoisotopic (exact) mass is 304 g/mol. The van der Waals surface area contributed by atoms with Crippen LogP contribution in [0.3, 0.4) is 0 Å². The van der Waals surface area contributed by atoms with Crippen LogP contribution < -0.4 is 0 Å². The molecule has 1 aliphatic carbocycles. The van der Waals surface area contributed by atoms with Crippen LogP contribution >= 0.6 is 45.8 Å². The molecule has 10 heavy (non-hydrogen) atoms. The summed E-state index contributed by atoms with van der Waals surface area (Å²) >= 11 is 11.3. The molecule has 0 unspecified atom stereocenters. The summed E-state index contributed by atoms with van der Waals surface area (Å²) in [5.74, 6) is -3.39. The highest BCUT2D eigenvalue weighted by molar-refractivity contribution is 14.1. The lowest BCUT2D eigenvalue weighted by Gasteiger charge is -2.48. The molecular formula is C4H2Cl2F3I. The predicted octanol–water partition coefficient (Wildman–Crippen LogP) is 3.30. The zero-order valence-electron chi connectivity index (χ0n) is 4.47. The van der Waals surface area contributed by atoms with Crippen LogP contribution in [-0.4, -0.2) is 13.9 Å². The fourth-order valence-corrected chi connectivity index (χ4v) is 1.66. The molecule has 1 saturated carbocycles. The molecule has 0 saturated heterocycles. The maximum Gasteiger partial charge on any atom is 0.296 e. The molecule has 60 valence electrons. The van der Waals surface area contributed by atoms with Crippen LogP contribution in [0.4, 0.5) is 13.2 Å². The summed E-state index contributed by atoms with van der Waals surface area (Å²) in [6.45, 7) is 0. The second-order valence-electron chi connectivity index (χ2n) is 2.16. The molecule has 1 atom stereocenters. The zero-order valence-corrected chi connectivity index (χ0v) is 8.14. The van der Waals surface area contributed by atoms with Crippen molar-refractivity contribution in [2.24, 2.45) is 0 Å². The first-order chi connectivity index (χ1) is 4.21. The van der Waals surface area contributed by atoms with Gasteiger partial charge in [-0.15, -0.1) is 0 Å². The van der Waals surface area contributed by atoms with Crippen LogP contribution in [0.5, 0.6) is 0 Å². The molecule has 6 heteroatoms. The van der Waals surface area contributed by atoms with E-state index in [0.29, 0.717) is 0 Å². The molecule has 0 aromatic rings.